The van der Waals surface area contributed by atoms with Crippen LogP contribution in [0.5, 0.6) is 0 Å². The van der Waals surface area contributed by atoms with Gasteiger partial charge in [-0.1, -0.05) is 60.7 Å². The van der Waals surface area contributed by atoms with Gasteiger partial charge in [-0.25, -0.2) is 4.79 Å². The Hall–Kier alpha value is -2.86. The van der Waals surface area contributed by atoms with Crippen molar-refractivity contribution >= 4 is 12.0 Å². The molecule has 0 spiro atoms. The van der Waals surface area contributed by atoms with Crippen LogP contribution in [0.3, 0.4) is 0 Å². The Morgan fingerprint density at radius 3 is 2.25 bits per heavy atom. The third-order valence-electron chi connectivity index (χ3n) is 3.28. The summed E-state index contributed by atoms with van der Waals surface area (Å²) in [4.78, 5) is 23.2. The molecule has 2 aromatic rings. The summed E-state index contributed by atoms with van der Waals surface area (Å²) in [6, 6.07) is 18.3. The molecule has 0 heterocycles. The van der Waals surface area contributed by atoms with E-state index in [9.17, 15) is 14.7 Å². The fraction of sp³-hybridized carbons (Fsp3) is 0.222. The minimum atomic E-state index is -0.791. The molecule has 2 aromatic carbocycles. The van der Waals surface area contributed by atoms with Crippen LogP contribution in [0.15, 0.2) is 60.7 Å². The van der Waals surface area contributed by atoms with E-state index in [1.807, 2.05) is 48.5 Å². The predicted octanol–water partition coefficient (Wildman–Crippen LogP) is 1.76. The number of hydrogen-bond donors (Lipinski definition) is 3. The summed E-state index contributed by atoms with van der Waals surface area (Å²) in [5, 5.41) is 14.8. The standard InChI is InChI=1S/C18H20N2O4/c21-16(15-9-5-2-6-10-15)11-19-17(22)12-20-18(23)24-13-14-7-3-1-4-8-14/h1-10,16,21H,11-13H2,(H,19,22)(H,20,23)/t16-/m0/s1. The monoisotopic (exact) mass is 328 g/mol. The number of benzene rings is 2. The number of hydrogen-bond acceptors (Lipinski definition) is 4. The van der Waals surface area contributed by atoms with Gasteiger partial charge >= 0.3 is 6.09 Å². The third kappa shape index (κ3) is 6.10. The Morgan fingerprint density at radius 1 is 0.958 bits per heavy atom. The molecule has 0 aliphatic carbocycles. The Balaban J connectivity index is 1.63. The number of nitrogens with one attached hydrogen (secondary N) is 2. The van der Waals surface area contributed by atoms with Crippen molar-refractivity contribution in [2.24, 2.45) is 0 Å². The number of alkyl carbamates (subject to hydrolysis) is 1. The first-order valence-electron chi connectivity index (χ1n) is 7.59. The number of aliphatic hydroxyl groups is 1. The molecule has 0 aliphatic heterocycles. The molecule has 3 N–H and O–H groups in total. The zero-order chi connectivity index (χ0) is 17.2. The van der Waals surface area contributed by atoms with Crippen LogP contribution >= 0.6 is 0 Å². The fourth-order valence-electron chi connectivity index (χ4n) is 1.99. The number of ether oxygens (including phenoxy) is 1. The lowest BCUT2D eigenvalue weighted by atomic mass is 10.1. The van der Waals surface area contributed by atoms with E-state index in [1.165, 1.54) is 0 Å². The number of aliphatic hydroxyl groups excluding tert-OH is 1. The molecule has 0 unspecified atom stereocenters. The van der Waals surface area contributed by atoms with Crippen molar-refractivity contribution < 1.29 is 19.4 Å². The molecule has 24 heavy (non-hydrogen) atoms. The topological polar surface area (TPSA) is 87.7 Å². The first-order chi connectivity index (χ1) is 11.6. The Morgan fingerprint density at radius 2 is 1.58 bits per heavy atom. The van der Waals surface area contributed by atoms with Crippen molar-refractivity contribution in [1.29, 1.82) is 0 Å². The van der Waals surface area contributed by atoms with Gasteiger partial charge in [0.25, 0.3) is 0 Å². The molecular formula is C18H20N2O4. The summed E-state index contributed by atoms with van der Waals surface area (Å²) < 4.78 is 4.99. The maximum atomic E-state index is 11.7. The van der Waals surface area contributed by atoms with Crippen molar-refractivity contribution in [1.82, 2.24) is 10.6 Å². The van der Waals surface area contributed by atoms with Crippen LogP contribution in [-0.4, -0.2) is 30.2 Å². The van der Waals surface area contributed by atoms with Gasteiger partial charge in [-0.3, -0.25) is 4.79 Å². The molecule has 0 aliphatic rings. The van der Waals surface area contributed by atoms with E-state index in [1.54, 1.807) is 12.1 Å². The molecule has 0 radical (unpaired) electrons. The van der Waals surface area contributed by atoms with E-state index >= 15 is 0 Å². The van der Waals surface area contributed by atoms with Crippen LogP contribution in [0, 0.1) is 0 Å². The summed E-state index contributed by atoms with van der Waals surface area (Å²) >= 11 is 0. The molecule has 0 saturated carbocycles. The Kier molecular flexibility index (Phi) is 6.79. The Bertz CT molecular complexity index is 647. The molecule has 0 aromatic heterocycles. The zero-order valence-corrected chi connectivity index (χ0v) is 13.1. The molecule has 6 nitrogen and oxygen atoms in total. The van der Waals surface area contributed by atoms with E-state index in [2.05, 4.69) is 10.6 Å². The van der Waals surface area contributed by atoms with Crippen molar-refractivity contribution in [2.45, 2.75) is 12.7 Å². The van der Waals surface area contributed by atoms with E-state index in [4.69, 9.17) is 4.74 Å². The van der Waals surface area contributed by atoms with Gasteiger partial charge in [0.1, 0.15) is 6.61 Å². The highest BCUT2D eigenvalue weighted by molar-refractivity contribution is 5.82. The van der Waals surface area contributed by atoms with Gasteiger partial charge in [-0.05, 0) is 11.1 Å². The van der Waals surface area contributed by atoms with Crippen LogP contribution < -0.4 is 10.6 Å². The van der Waals surface area contributed by atoms with Crippen LogP contribution in [0.25, 0.3) is 0 Å². The maximum Gasteiger partial charge on any atom is 0.407 e. The molecule has 6 heteroatoms. The molecule has 126 valence electrons. The second-order valence-electron chi connectivity index (χ2n) is 5.15. The summed E-state index contributed by atoms with van der Waals surface area (Å²) in [5.74, 6) is -0.401. The minimum absolute atomic E-state index is 0.0730. The lowest BCUT2D eigenvalue weighted by molar-refractivity contribution is -0.120. The number of rotatable bonds is 7. The van der Waals surface area contributed by atoms with Gasteiger partial charge < -0.3 is 20.5 Å². The zero-order valence-electron chi connectivity index (χ0n) is 13.1. The van der Waals surface area contributed by atoms with E-state index < -0.39 is 18.1 Å². The summed E-state index contributed by atoms with van der Waals surface area (Å²) in [7, 11) is 0. The largest absolute Gasteiger partial charge is 0.445 e. The summed E-state index contributed by atoms with van der Waals surface area (Å²) in [5.41, 5.74) is 1.58. The predicted molar refractivity (Wildman–Crippen MR) is 89.0 cm³/mol. The quantitative estimate of drug-likeness (QED) is 0.723. The smallest absolute Gasteiger partial charge is 0.407 e. The second kappa shape index (κ2) is 9.32. The second-order valence-corrected chi connectivity index (χ2v) is 5.15. The number of amides is 2. The third-order valence-corrected chi connectivity index (χ3v) is 3.28. The molecule has 0 saturated heterocycles. The highest BCUT2D eigenvalue weighted by Gasteiger charge is 2.10. The molecule has 0 fully saturated rings. The molecule has 1 atom stereocenters. The van der Waals surface area contributed by atoms with Gasteiger partial charge in [0.2, 0.25) is 5.91 Å². The van der Waals surface area contributed by atoms with Crippen molar-refractivity contribution in [3.8, 4) is 0 Å². The van der Waals surface area contributed by atoms with Crippen LogP contribution in [0.4, 0.5) is 4.79 Å². The highest BCUT2D eigenvalue weighted by Crippen LogP contribution is 2.10. The van der Waals surface area contributed by atoms with Gasteiger partial charge in [0, 0.05) is 6.54 Å². The number of carbonyl (C=O) groups is 2. The van der Waals surface area contributed by atoms with E-state index in [-0.39, 0.29) is 19.7 Å². The SMILES string of the molecule is O=C(CNC(=O)OCc1ccccc1)NC[C@H](O)c1ccccc1. The first-order valence-corrected chi connectivity index (χ1v) is 7.59. The van der Waals surface area contributed by atoms with Gasteiger partial charge in [-0.2, -0.15) is 0 Å². The number of carbonyl (C=O) groups excluding carboxylic acids is 2. The van der Waals surface area contributed by atoms with Gasteiger partial charge in [-0.15, -0.1) is 0 Å². The minimum Gasteiger partial charge on any atom is -0.445 e. The first kappa shape index (κ1) is 17.5. The van der Waals surface area contributed by atoms with E-state index in [0.29, 0.717) is 5.56 Å². The molecule has 2 amide bonds. The Labute approximate surface area is 140 Å². The van der Waals surface area contributed by atoms with E-state index in [0.717, 1.165) is 5.56 Å². The fourth-order valence-corrected chi connectivity index (χ4v) is 1.99. The van der Waals surface area contributed by atoms with Crippen molar-refractivity contribution in [3.63, 3.8) is 0 Å². The van der Waals surface area contributed by atoms with Gasteiger partial charge in [0.05, 0.1) is 12.6 Å². The summed E-state index contributed by atoms with van der Waals surface area (Å²) in [6.07, 6.45) is -1.46. The van der Waals surface area contributed by atoms with Gasteiger partial charge in [0.15, 0.2) is 0 Å². The molecular weight excluding hydrogens is 308 g/mol. The van der Waals surface area contributed by atoms with Crippen LogP contribution in [-0.2, 0) is 16.1 Å². The lowest BCUT2D eigenvalue weighted by Crippen LogP contribution is -2.38. The normalized spacial score (nSPS) is 11.4. The van der Waals surface area contributed by atoms with Crippen molar-refractivity contribution in [3.05, 3.63) is 71.8 Å². The van der Waals surface area contributed by atoms with Crippen LogP contribution in [0.2, 0.25) is 0 Å². The maximum absolute atomic E-state index is 11.7. The van der Waals surface area contributed by atoms with Crippen molar-refractivity contribution in [2.75, 3.05) is 13.1 Å². The summed E-state index contributed by atoms with van der Waals surface area (Å²) in [6.45, 7) is -0.000262. The average molecular weight is 328 g/mol. The average Bonchev–Trinajstić information content (AvgIpc) is 2.64. The van der Waals surface area contributed by atoms with Crippen LogP contribution in [0.1, 0.15) is 17.2 Å². The lowest BCUT2D eigenvalue weighted by Gasteiger charge is -2.12. The molecule has 2 rings (SSSR count). The highest BCUT2D eigenvalue weighted by atomic mass is 16.5. The molecule has 0 bridgehead atoms.